The molecule has 1 unspecified atom stereocenters. The summed E-state index contributed by atoms with van der Waals surface area (Å²) < 4.78 is 19.9. The van der Waals surface area contributed by atoms with Crippen LogP contribution in [-0.4, -0.2) is 12.1 Å². The van der Waals surface area contributed by atoms with Crippen LogP contribution >= 0.6 is 0 Å². The van der Waals surface area contributed by atoms with E-state index in [1.807, 2.05) is 51.1 Å². The van der Waals surface area contributed by atoms with E-state index >= 15 is 0 Å². The summed E-state index contributed by atoms with van der Waals surface area (Å²) >= 11 is 0. The number of benzene rings is 2. The van der Waals surface area contributed by atoms with Crippen LogP contribution in [0.2, 0.25) is 0 Å². The fourth-order valence-electron chi connectivity index (χ4n) is 3.09. The maximum Gasteiger partial charge on any atom is 0.128 e. The van der Waals surface area contributed by atoms with E-state index < -0.39 is 0 Å². The molecule has 3 nitrogen and oxygen atoms in total. The summed E-state index contributed by atoms with van der Waals surface area (Å²) in [7, 11) is 0. The number of nitrogens with zero attached hydrogens (tertiary/aromatic N) is 1. The number of ether oxygens (including phenoxy) is 1. The summed E-state index contributed by atoms with van der Waals surface area (Å²) in [5.41, 5.74) is 8.48. The summed E-state index contributed by atoms with van der Waals surface area (Å²) in [6.45, 7) is 7.06. The van der Waals surface area contributed by atoms with Crippen LogP contribution in [0.25, 0.3) is 0 Å². The number of hydrogen-bond acceptors (Lipinski definition) is 3. The molecule has 2 aromatic rings. The molecule has 0 saturated carbocycles. The lowest BCUT2D eigenvalue weighted by molar-refractivity contribution is 0.131. The van der Waals surface area contributed by atoms with Crippen LogP contribution in [-0.2, 0) is 6.54 Å². The van der Waals surface area contributed by atoms with E-state index in [4.69, 9.17) is 10.5 Å². The van der Waals surface area contributed by atoms with Gasteiger partial charge in [-0.2, -0.15) is 0 Å². The van der Waals surface area contributed by atoms with Crippen LogP contribution in [0.5, 0.6) is 5.75 Å². The zero-order valence-corrected chi connectivity index (χ0v) is 13.8. The average Bonchev–Trinajstić information content (AvgIpc) is 2.86. The molecule has 1 heterocycles. The van der Waals surface area contributed by atoms with Crippen LogP contribution in [0.1, 0.15) is 37.9 Å². The van der Waals surface area contributed by atoms with Gasteiger partial charge in [0.05, 0.1) is 6.04 Å². The minimum Gasteiger partial charge on any atom is -0.488 e. The van der Waals surface area contributed by atoms with Gasteiger partial charge in [0.1, 0.15) is 17.2 Å². The van der Waals surface area contributed by atoms with Crippen LogP contribution in [0.3, 0.4) is 0 Å². The summed E-state index contributed by atoms with van der Waals surface area (Å²) in [5.74, 6) is 0.671. The third kappa shape index (κ3) is 3.17. The number of hydrogen-bond donors (Lipinski definition) is 1. The SMILES string of the molecule is CC(C)(C)Oc1ccc(N2Cc3c(F)cccc3C2CN)cc1. The monoisotopic (exact) mass is 314 g/mol. The number of nitrogens with two attached hydrogens (primary N) is 1. The van der Waals surface area contributed by atoms with Gasteiger partial charge in [0.2, 0.25) is 0 Å². The number of fused-ring (bicyclic) bond motifs is 1. The number of halogens is 1. The second-order valence-electron chi connectivity index (χ2n) is 6.90. The highest BCUT2D eigenvalue weighted by Crippen LogP contribution is 2.38. The van der Waals surface area contributed by atoms with Crippen molar-refractivity contribution in [2.75, 3.05) is 11.4 Å². The van der Waals surface area contributed by atoms with E-state index in [0.717, 1.165) is 22.6 Å². The molecular formula is C19H23FN2O. The van der Waals surface area contributed by atoms with Gasteiger partial charge in [0.15, 0.2) is 0 Å². The molecule has 0 radical (unpaired) electrons. The number of rotatable bonds is 3. The quantitative estimate of drug-likeness (QED) is 0.930. The summed E-state index contributed by atoms with van der Waals surface area (Å²) in [6, 6.07) is 13.2. The molecule has 2 aromatic carbocycles. The molecular weight excluding hydrogens is 291 g/mol. The van der Waals surface area contributed by atoms with Crippen molar-refractivity contribution in [1.82, 2.24) is 0 Å². The first-order chi connectivity index (χ1) is 10.9. The lowest BCUT2D eigenvalue weighted by atomic mass is 10.0. The molecule has 1 atom stereocenters. The summed E-state index contributed by atoms with van der Waals surface area (Å²) in [6.07, 6.45) is 0. The predicted molar refractivity (Wildman–Crippen MR) is 91.2 cm³/mol. The van der Waals surface area contributed by atoms with Crippen molar-refractivity contribution in [3.8, 4) is 5.75 Å². The molecule has 3 rings (SSSR count). The van der Waals surface area contributed by atoms with E-state index in [1.165, 1.54) is 6.07 Å². The second-order valence-corrected chi connectivity index (χ2v) is 6.90. The minimum absolute atomic E-state index is 0.00934. The second kappa shape index (κ2) is 5.85. The molecule has 4 heteroatoms. The topological polar surface area (TPSA) is 38.5 Å². The van der Waals surface area contributed by atoms with Gasteiger partial charge in [-0.1, -0.05) is 12.1 Å². The highest BCUT2D eigenvalue weighted by atomic mass is 19.1. The van der Waals surface area contributed by atoms with Crippen molar-refractivity contribution in [2.45, 2.75) is 39.0 Å². The Kier molecular flexibility index (Phi) is 4.02. The van der Waals surface area contributed by atoms with Crippen LogP contribution in [0, 0.1) is 5.82 Å². The van der Waals surface area contributed by atoms with E-state index in [0.29, 0.717) is 13.1 Å². The molecule has 0 aliphatic carbocycles. The molecule has 2 N–H and O–H groups in total. The zero-order chi connectivity index (χ0) is 16.6. The van der Waals surface area contributed by atoms with Gasteiger partial charge in [-0.15, -0.1) is 0 Å². The third-order valence-electron chi connectivity index (χ3n) is 4.03. The molecule has 122 valence electrons. The largest absolute Gasteiger partial charge is 0.488 e. The van der Waals surface area contributed by atoms with E-state index in [1.54, 1.807) is 6.07 Å². The molecule has 0 amide bonds. The average molecular weight is 314 g/mol. The van der Waals surface area contributed by atoms with Gasteiger partial charge in [-0.05, 0) is 56.7 Å². The molecule has 0 spiro atoms. The summed E-state index contributed by atoms with van der Waals surface area (Å²) in [4.78, 5) is 2.15. The Morgan fingerprint density at radius 3 is 2.48 bits per heavy atom. The Hall–Kier alpha value is -2.07. The minimum atomic E-state index is -0.228. The molecule has 1 aliphatic rings. The van der Waals surface area contributed by atoms with E-state index in [2.05, 4.69) is 4.90 Å². The third-order valence-corrected chi connectivity index (χ3v) is 4.03. The molecule has 0 saturated heterocycles. The lowest BCUT2D eigenvalue weighted by Gasteiger charge is -2.27. The van der Waals surface area contributed by atoms with Gasteiger partial charge < -0.3 is 15.4 Å². The Balaban J connectivity index is 1.86. The smallest absolute Gasteiger partial charge is 0.128 e. The lowest BCUT2D eigenvalue weighted by Crippen LogP contribution is -2.27. The van der Waals surface area contributed by atoms with Crippen molar-refractivity contribution in [2.24, 2.45) is 5.73 Å². The van der Waals surface area contributed by atoms with Crippen molar-refractivity contribution in [3.63, 3.8) is 0 Å². The van der Waals surface area contributed by atoms with Crippen molar-refractivity contribution in [1.29, 1.82) is 0 Å². The Labute approximate surface area is 136 Å². The van der Waals surface area contributed by atoms with Gasteiger partial charge in [-0.3, -0.25) is 0 Å². The Morgan fingerprint density at radius 1 is 1.17 bits per heavy atom. The Morgan fingerprint density at radius 2 is 1.87 bits per heavy atom. The first-order valence-corrected chi connectivity index (χ1v) is 7.92. The summed E-state index contributed by atoms with van der Waals surface area (Å²) in [5, 5.41) is 0. The van der Waals surface area contributed by atoms with Gasteiger partial charge in [0, 0.05) is 24.3 Å². The van der Waals surface area contributed by atoms with Crippen LogP contribution in [0.4, 0.5) is 10.1 Å². The van der Waals surface area contributed by atoms with E-state index in [-0.39, 0.29) is 17.5 Å². The fraction of sp³-hybridized carbons (Fsp3) is 0.368. The number of anilines is 1. The van der Waals surface area contributed by atoms with Crippen molar-refractivity contribution in [3.05, 3.63) is 59.4 Å². The first-order valence-electron chi connectivity index (χ1n) is 7.92. The zero-order valence-electron chi connectivity index (χ0n) is 13.8. The standard InChI is InChI=1S/C19H23FN2O/c1-19(2,3)23-14-9-7-13(8-10-14)22-12-16-15(18(22)11-21)5-4-6-17(16)20/h4-10,18H,11-12,21H2,1-3H3. The maximum absolute atomic E-state index is 14.1. The van der Waals surface area contributed by atoms with E-state index in [9.17, 15) is 4.39 Å². The highest BCUT2D eigenvalue weighted by molar-refractivity contribution is 5.56. The normalized spacial score (nSPS) is 17.3. The van der Waals surface area contributed by atoms with Gasteiger partial charge >= 0.3 is 0 Å². The van der Waals surface area contributed by atoms with Gasteiger partial charge in [0.25, 0.3) is 0 Å². The molecule has 23 heavy (non-hydrogen) atoms. The Bertz CT molecular complexity index is 692. The molecule has 0 fully saturated rings. The predicted octanol–water partition coefficient (Wildman–Crippen LogP) is 4.02. The van der Waals surface area contributed by atoms with Crippen LogP contribution in [0.15, 0.2) is 42.5 Å². The first kappa shape index (κ1) is 15.8. The fourth-order valence-corrected chi connectivity index (χ4v) is 3.09. The van der Waals surface area contributed by atoms with Gasteiger partial charge in [-0.25, -0.2) is 4.39 Å². The molecule has 0 aromatic heterocycles. The van der Waals surface area contributed by atoms with Crippen molar-refractivity contribution < 1.29 is 9.13 Å². The maximum atomic E-state index is 14.1. The van der Waals surface area contributed by atoms with Crippen molar-refractivity contribution >= 4 is 5.69 Å². The van der Waals surface area contributed by atoms with Crippen LogP contribution < -0.4 is 15.4 Å². The molecule has 0 bridgehead atoms. The molecule has 1 aliphatic heterocycles. The highest BCUT2D eigenvalue weighted by Gasteiger charge is 2.31.